The molecule has 0 amide bonds. The Kier molecular flexibility index (Phi) is 15.1. The van der Waals surface area contributed by atoms with Gasteiger partial charge in [-0.1, -0.05) is 0 Å². The molecule has 0 radical (unpaired) electrons. The van der Waals surface area contributed by atoms with Crippen molar-refractivity contribution in [2.75, 3.05) is 0 Å². The molecule has 0 fully saturated rings. The monoisotopic (exact) mass is 257 g/mol. The van der Waals surface area contributed by atoms with Crippen molar-refractivity contribution in [3.8, 4) is 0 Å². The minimum absolute atomic E-state index is 0. The Bertz CT molecular complexity index is 12.8. The summed E-state index contributed by atoms with van der Waals surface area (Å²) in [7, 11) is 2.50. The van der Waals surface area contributed by atoms with Gasteiger partial charge in [-0.25, -0.2) is 1.37 Å². The van der Waals surface area contributed by atoms with E-state index in [9.17, 15) is 0 Å². The summed E-state index contributed by atoms with van der Waals surface area (Å²) in [4.78, 5) is 0. The number of rotatable bonds is 0. The van der Waals surface area contributed by atoms with Crippen molar-refractivity contribution >= 4 is 0 Å². The van der Waals surface area contributed by atoms with E-state index in [0.29, 0.717) is 0 Å². The van der Waals surface area contributed by atoms with E-state index in [-0.39, 0.29) is 21.1 Å². The van der Waals surface area contributed by atoms with Gasteiger partial charge in [0.15, 0.2) is 0 Å². The van der Waals surface area contributed by atoms with Gasteiger partial charge in [-0.15, -0.1) is 0 Å². The van der Waals surface area contributed by atoms with Crippen LogP contribution in [0.1, 0.15) is 22.1 Å². The van der Waals surface area contributed by atoms with Gasteiger partial charge in [-0.3, -0.25) is 0 Å². The molecule has 0 aromatic heterocycles. The van der Waals surface area contributed by atoms with Crippen molar-refractivity contribution in [1.29, 1.82) is 0 Å². The molecule has 0 saturated heterocycles. The van der Waals surface area contributed by atoms with Crippen LogP contribution in [0.15, 0.2) is 0 Å². The second kappa shape index (κ2) is 9.19. The first-order chi connectivity index (χ1) is 2.73. The van der Waals surface area contributed by atoms with Gasteiger partial charge in [0, 0.05) is 0 Å². The summed E-state index contributed by atoms with van der Waals surface area (Å²) in [5, 5.41) is 0. The normalized spacial score (nSPS) is 7.17. The summed E-state index contributed by atoms with van der Waals surface area (Å²) in [5.74, 6) is 1.42. The Hall–Kier alpha value is 0.688. The smallest absolute Gasteiger partial charge is 0.358 e. The Labute approximate surface area is 57.0 Å². The molecule has 0 atom stereocenters. The van der Waals surface area contributed by atoms with Crippen molar-refractivity contribution in [2.24, 2.45) is 0 Å². The fourth-order valence-corrected chi connectivity index (χ4v) is 0. The molecule has 0 aromatic rings. The first-order valence-electron chi connectivity index (χ1n) is 2.21. The van der Waals surface area contributed by atoms with E-state index < -0.39 is 0 Å². The minimum Gasteiger partial charge on any atom is -0.358 e. The molecule has 6 heavy (non-hydrogen) atoms. The molecule has 0 aliphatic heterocycles. The van der Waals surface area contributed by atoms with Crippen LogP contribution in [0.3, 0.4) is 0 Å². The molecule has 0 saturated carbocycles. The zero-order chi connectivity index (χ0) is 5.58. The number of hydrogen-bond acceptors (Lipinski definition) is 0. The van der Waals surface area contributed by atoms with Crippen molar-refractivity contribution in [2.45, 2.75) is 20.8 Å². The van der Waals surface area contributed by atoms with Crippen LogP contribution in [0.4, 0.5) is 0 Å². The fourth-order valence-electron chi connectivity index (χ4n) is 0. The molecule has 0 aliphatic rings. The first kappa shape index (κ1) is 9.85. The minimum atomic E-state index is 0. The second-order valence-corrected chi connectivity index (χ2v) is 1.50. The Morgan fingerprint density at radius 1 is 1.33 bits per heavy atom. The van der Waals surface area contributed by atoms with Crippen LogP contribution >= 0.6 is 0 Å². The van der Waals surface area contributed by atoms with Gasteiger partial charge < -0.3 is 13.3 Å². The van der Waals surface area contributed by atoms with Crippen molar-refractivity contribution in [3.63, 3.8) is 0 Å². The van der Waals surface area contributed by atoms with Gasteiger partial charge >= 0.3 is 21.1 Å². The van der Waals surface area contributed by atoms with Gasteiger partial charge in [-0.2, -0.15) is 20.8 Å². The van der Waals surface area contributed by atoms with Crippen molar-refractivity contribution in [3.05, 3.63) is 13.3 Å². The zero-order valence-electron chi connectivity index (χ0n) is 5.62. The molecular weight excluding hydrogens is 244 g/mol. The summed E-state index contributed by atoms with van der Waals surface area (Å²) in [6, 6.07) is 0. The maximum atomic E-state index is 5.50. The molecule has 0 nitrogen and oxygen atoms in total. The molecule has 0 unspecified atom stereocenters. The van der Waals surface area contributed by atoms with Gasteiger partial charge in [0.25, 0.3) is 0 Å². The SMILES string of the molecule is C[C-](C)C.[2H][CH2-].[W+2]. The molecule has 0 N–H and O–H groups in total. The predicted octanol–water partition coefficient (Wildman–Crippen LogP) is 2.07. The van der Waals surface area contributed by atoms with E-state index in [1.807, 2.05) is 0 Å². The number of hydrogen-bond donors (Lipinski definition) is 0. The van der Waals surface area contributed by atoms with Crippen LogP contribution in [0.25, 0.3) is 0 Å². The van der Waals surface area contributed by atoms with Crippen LogP contribution < -0.4 is 0 Å². The third-order valence-electron chi connectivity index (χ3n) is 0. The van der Waals surface area contributed by atoms with Gasteiger partial charge in [-0.05, 0) is 0 Å². The van der Waals surface area contributed by atoms with Crippen LogP contribution in [0.2, 0.25) is 0 Å². The third-order valence-corrected chi connectivity index (χ3v) is 0. The van der Waals surface area contributed by atoms with E-state index in [1.165, 1.54) is 5.92 Å². The maximum absolute atomic E-state index is 5.50. The molecule has 38 valence electrons. The van der Waals surface area contributed by atoms with Crippen molar-refractivity contribution in [1.82, 2.24) is 0 Å². The average Bonchev–Trinajstić information content (AvgIpc) is 1.41. The van der Waals surface area contributed by atoms with Crippen molar-refractivity contribution < 1.29 is 22.4 Å². The van der Waals surface area contributed by atoms with Crippen LogP contribution in [-0.4, -0.2) is 0 Å². The Morgan fingerprint density at radius 2 is 1.33 bits per heavy atom. The largest absolute Gasteiger partial charge is 2.00 e. The summed E-state index contributed by atoms with van der Waals surface area (Å²) in [6.07, 6.45) is 0. The summed E-state index contributed by atoms with van der Waals surface area (Å²) in [6.45, 7) is 6.25. The fraction of sp³-hybridized carbons (Fsp3) is 0.600. The Balaban J connectivity index is -0.0000000480. The Morgan fingerprint density at radius 3 is 1.33 bits per heavy atom. The molecular formula is C5H12W. The second-order valence-electron chi connectivity index (χ2n) is 1.50. The first-order valence-corrected chi connectivity index (χ1v) is 1.50. The molecule has 0 aliphatic carbocycles. The molecule has 0 aromatic carbocycles. The maximum Gasteiger partial charge on any atom is 2.00 e. The molecule has 0 heterocycles. The summed E-state index contributed by atoms with van der Waals surface area (Å²) < 4.78 is 5.50. The zero-order valence-corrected chi connectivity index (χ0v) is 7.55. The standard InChI is InChI=1S/C4H9.CH3.W/c1-4(2)3;;/h1-3H3;1H3;/q2*-1;+2/i;1D;. The molecule has 0 spiro atoms. The van der Waals surface area contributed by atoms with Crippen LogP contribution in [0, 0.1) is 13.3 Å². The topological polar surface area (TPSA) is 0 Å². The van der Waals surface area contributed by atoms with E-state index in [4.69, 9.17) is 1.37 Å². The van der Waals surface area contributed by atoms with E-state index in [2.05, 4.69) is 28.2 Å². The summed E-state index contributed by atoms with van der Waals surface area (Å²) >= 11 is 0. The van der Waals surface area contributed by atoms with Gasteiger partial charge in [0.05, 0.1) is 0 Å². The molecule has 0 rings (SSSR count). The molecule has 0 bridgehead atoms. The van der Waals surface area contributed by atoms with Crippen LogP contribution in [0.5, 0.6) is 0 Å². The third kappa shape index (κ3) is 135. The van der Waals surface area contributed by atoms with Crippen LogP contribution in [-0.2, 0) is 21.1 Å². The summed E-state index contributed by atoms with van der Waals surface area (Å²) in [5.41, 5.74) is 0. The van der Waals surface area contributed by atoms with Gasteiger partial charge in [0.2, 0.25) is 0 Å². The molecule has 1 heteroatoms. The predicted molar refractivity (Wildman–Crippen MR) is 26.7 cm³/mol. The van der Waals surface area contributed by atoms with E-state index >= 15 is 0 Å². The van der Waals surface area contributed by atoms with E-state index in [0.717, 1.165) is 0 Å². The van der Waals surface area contributed by atoms with E-state index in [1.54, 1.807) is 0 Å². The average molecular weight is 257 g/mol. The van der Waals surface area contributed by atoms with Gasteiger partial charge in [0.1, 0.15) is 0 Å². The quantitative estimate of drug-likeness (QED) is 0.583.